The van der Waals surface area contributed by atoms with E-state index in [9.17, 15) is 8.42 Å². The summed E-state index contributed by atoms with van der Waals surface area (Å²) in [5, 5.41) is 0. The minimum atomic E-state index is -3.65. The number of nitrogens with one attached hydrogen (secondary N) is 1. The first-order chi connectivity index (χ1) is 11.3. The number of benzene rings is 2. The predicted octanol–water partition coefficient (Wildman–Crippen LogP) is 3.89. The number of ether oxygens (including phenoxy) is 2. The van der Waals surface area contributed by atoms with Crippen LogP contribution in [-0.4, -0.2) is 28.7 Å². The maximum absolute atomic E-state index is 12.5. The van der Waals surface area contributed by atoms with Gasteiger partial charge in [-0.25, -0.2) is 8.42 Å². The maximum atomic E-state index is 12.5. The Morgan fingerprint density at radius 3 is 2.42 bits per heavy atom. The van der Waals surface area contributed by atoms with Gasteiger partial charge in [-0.05, 0) is 61.4 Å². The van der Waals surface area contributed by atoms with E-state index >= 15 is 0 Å². The minimum Gasteiger partial charge on any atom is -0.491 e. The van der Waals surface area contributed by atoms with Crippen molar-refractivity contribution < 1.29 is 17.9 Å². The van der Waals surface area contributed by atoms with Gasteiger partial charge in [0.05, 0.1) is 11.5 Å². The lowest BCUT2D eigenvalue weighted by molar-refractivity contribution is 0.146. The third-order valence-electron chi connectivity index (χ3n) is 3.41. The average molecular weight is 414 g/mol. The van der Waals surface area contributed by atoms with Crippen molar-refractivity contribution in [1.29, 1.82) is 0 Å². The molecule has 2 aromatic carbocycles. The van der Waals surface area contributed by atoms with Gasteiger partial charge in [0, 0.05) is 17.3 Å². The Morgan fingerprint density at radius 2 is 1.79 bits per heavy atom. The maximum Gasteiger partial charge on any atom is 0.261 e. The van der Waals surface area contributed by atoms with Gasteiger partial charge in [0.15, 0.2) is 0 Å². The Kier molecular flexibility index (Phi) is 6.26. The van der Waals surface area contributed by atoms with Gasteiger partial charge in [0.2, 0.25) is 0 Å². The molecule has 0 radical (unpaired) electrons. The van der Waals surface area contributed by atoms with E-state index in [1.165, 1.54) is 6.07 Å². The summed E-state index contributed by atoms with van der Waals surface area (Å²) in [6, 6.07) is 10.1. The number of aryl methyl sites for hydroxylation is 2. The van der Waals surface area contributed by atoms with Crippen LogP contribution in [0.15, 0.2) is 45.8 Å². The van der Waals surface area contributed by atoms with Crippen LogP contribution in [0.25, 0.3) is 0 Å². The van der Waals surface area contributed by atoms with Gasteiger partial charge < -0.3 is 9.47 Å². The zero-order chi connectivity index (χ0) is 17.7. The molecule has 5 nitrogen and oxygen atoms in total. The van der Waals surface area contributed by atoms with Crippen molar-refractivity contribution in [2.24, 2.45) is 0 Å². The van der Waals surface area contributed by atoms with E-state index < -0.39 is 10.0 Å². The van der Waals surface area contributed by atoms with E-state index in [2.05, 4.69) is 20.7 Å². The number of methoxy groups -OCH3 is 1. The Hall–Kier alpha value is -1.57. The molecule has 2 aromatic rings. The number of rotatable bonds is 7. The van der Waals surface area contributed by atoms with Crippen molar-refractivity contribution in [1.82, 2.24) is 0 Å². The Bertz CT molecular complexity index is 821. The monoisotopic (exact) mass is 413 g/mol. The van der Waals surface area contributed by atoms with Gasteiger partial charge in [0.1, 0.15) is 12.4 Å². The molecule has 7 heteroatoms. The molecule has 0 unspecified atom stereocenters. The van der Waals surface area contributed by atoms with Gasteiger partial charge in [-0.15, -0.1) is 0 Å². The third-order valence-corrected chi connectivity index (χ3v) is 5.68. The molecule has 0 fully saturated rings. The smallest absolute Gasteiger partial charge is 0.261 e. The molecule has 0 saturated carbocycles. The quantitative estimate of drug-likeness (QED) is 0.699. The number of anilines is 1. The van der Waals surface area contributed by atoms with Crippen molar-refractivity contribution in [3.05, 3.63) is 52.0 Å². The molecule has 0 aliphatic heterocycles. The second-order valence-corrected chi connectivity index (χ2v) is 7.87. The summed E-state index contributed by atoms with van der Waals surface area (Å²) in [5.41, 5.74) is 2.23. The Morgan fingerprint density at radius 1 is 1.04 bits per heavy atom. The second kappa shape index (κ2) is 8.00. The van der Waals surface area contributed by atoms with E-state index in [0.29, 0.717) is 24.7 Å². The average Bonchev–Trinajstić information content (AvgIpc) is 2.52. The summed E-state index contributed by atoms with van der Waals surface area (Å²) >= 11 is 3.40. The van der Waals surface area contributed by atoms with Crippen molar-refractivity contribution in [3.8, 4) is 5.75 Å². The first-order valence-electron chi connectivity index (χ1n) is 7.35. The summed E-state index contributed by atoms with van der Waals surface area (Å²) < 4.78 is 39.1. The van der Waals surface area contributed by atoms with E-state index in [1.807, 2.05) is 19.9 Å². The molecule has 0 heterocycles. The van der Waals surface area contributed by atoms with Gasteiger partial charge >= 0.3 is 0 Å². The molecule has 0 atom stereocenters. The normalized spacial score (nSPS) is 11.3. The zero-order valence-corrected chi connectivity index (χ0v) is 16.2. The molecule has 0 saturated heterocycles. The lowest BCUT2D eigenvalue weighted by Gasteiger charge is -2.12. The summed E-state index contributed by atoms with van der Waals surface area (Å²) in [5.74, 6) is 0.644. The molecule has 0 aliphatic rings. The zero-order valence-electron chi connectivity index (χ0n) is 13.8. The SMILES string of the molecule is COCCOc1ccc(S(=O)(=O)Nc2ccc(Br)c(C)c2)cc1C. The molecule has 2 rings (SSSR count). The standard InChI is InChI=1S/C17H20BrNO4S/c1-12-10-14(4-6-16(12)18)19-24(20,21)15-5-7-17(13(2)11-15)23-9-8-22-3/h4-7,10-11,19H,8-9H2,1-3H3. The van der Waals surface area contributed by atoms with Crippen LogP contribution in [0.4, 0.5) is 5.69 Å². The molecule has 24 heavy (non-hydrogen) atoms. The molecular formula is C17H20BrNO4S. The number of hydrogen-bond donors (Lipinski definition) is 1. The molecule has 130 valence electrons. The Labute approximate surface area is 151 Å². The fraction of sp³-hybridized carbons (Fsp3) is 0.294. The van der Waals surface area contributed by atoms with E-state index in [0.717, 1.165) is 15.6 Å². The van der Waals surface area contributed by atoms with Crippen molar-refractivity contribution in [2.45, 2.75) is 18.7 Å². The summed E-state index contributed by atoms with van der Waals surface area (Å²) in [7, 11) is -2.05. The van der Waals surface area contributed by atoms with E-state index in [1.54, 1.807) is 31.4 Å². The lowest BCUT2D eigenvalue weighted by Crippen LogP contribution is -2.13. The summed E-state index contributed by atoms with van der Waals surface area (Å²) in [6.07, 6.45) is 0. The van der Waals surface area contributed by atoms with Crippen LogP contribution in [0.3, 0.4) is 0 Å². The fourth-order valence-corrected chi connectivity index (χ4v) is 3.49. The van der Waals surface area contributed by atoms with Crippen LogP contribution in [0, 0.1) is 13.8 Å². The minimum absolute atomic E-state index is 0.194. The van der Waals surface area contributed by atoms with Gasteiger partial charge in [-0.3, -0.25) is 4.72 Å². The topological polar surface area (TPSA) is 64.6 Å². The highest BCUT2D eigenvalue weighted by Gasteiger charge is 2.16. The van der Waals surface area contributed by atoms with Gasteiger partial charge in [-0.2, -0.15) is 0 Å². The Balaban J connectivity index is 2.19. The van der Waals surface area contributed by atoms with Crippen LogP contribution >= 0.6 is 15.9 Å². The number of sulfonamides is 1. The molecule has 0 amide bonds. The van der Waals surface area contributed by atoms with Crippen LogP contribution < -0.4 is 9.46 Å². The van der Waals surface area contributed by atoms with Crippen LogP contribution in [-0.2, 0) is 14.8 Å². The largest absolute Gasteiger partial charge is 0.491 e. The van der Waals surface area contributed by atoms with Crippen molar-refractivity contribution in [3.63, 3.8) is 0 Å². The molecule has 0 aromatic heterocycles. The highest BCUT2D eigenvalue weighted by atomic mass is 79.9. The van der Waals surface area contributed by atoms with Crippen molar-refractivity contribution >= 4 is 31.6 Å². The summed E-state index contributed by atoms with van der Waals surface area (Å²) in [6.45, 7) is 4.60. The van der Waals surface area contributed by atoms with E-state index in [4.69, 9.17) is 9.47 Å². The van der Waals surface area contributed by atoms with Gasteiger partial charge in [-0.1, -0.05) is 15.9 Å². The highest BCUT2D eigenvalue weighted by molar-refractivity contribution is 9.10. The van der Waals surface area contributed by atoms with Crippen LogP contribution in [0.1, 0.15) is 11.1 Å². The first kappa shape index (κ1) is 18.8. The van der Waals surface area contributed by atoms with Gasteiger partial charge in [0.25, 0.3) is 10.0 Å². The molecule has 1 N–H and O–H groups in total. The van der Waals surface area contributed by atoms with Crippen LogP contribution in [0.2, 0.25) is 0 Å². The number of halogens is 1. The van der Waals surface area contributed by atoms with Crippen LogP contribution in [0.5, 0.6) is 5.75 Å². The van der Waals surface area contributed by atoms with Crippen molar-refractivity contribution in [2.75, 3.05) is 25.0 Å². The van der Waals surface area contributed by atoms with E-state index in [-0.39, 0.29) is 4.90 Å². The molecule has 0 spiro atoms. The number of hydrogen-bond acceptors (Lipinski definition) is 4. The third kappa shape index (κ3) is 4.72. The highest BCUT2D eigenvalue weighted by Crippen LogP contribution is 2.25. The molecular weight excluding hydrogens is 394 g/mol. The predicted molar refractivity (Wildman–Crippen MR) is 98.2 cm³/mol. The molecule has 0 bridgehead atoms. The lowest BCUT2D eigenvalue weighted by atomic mass is 10.2. The summed E-state index contributed by atoms with van der Waals surface area (Å²) in [4.78, 5) is 0.194. The molecule has 0 aliphatic carbocycles. The first-order valence-corrected chi connectivity index (χ1v) is 9.62. The second-order valence-electron chi connectivity index (χ2n) is 5.34. The fourth-order valence-electron chi connectivity index (χ4n) is 2.11.